The number of nitrogens with zero attached hydrogens (tertiary/aromatic N) is 2. The Kier molecular flexibility index (Phi) is 4.72. The minimum absolute atomic E-state index is 0.00928. The van der Waals surface area contributed by atoms with E-state index in [4.69, 9.17) is 0 Å². The highest BCUT2D eigenvalue weighted by Crippen LogP contribution is 2.44. The zero-order valence-corrected chi connectivity index (χ0v) is 16.0. The molecular formula is C20H18BrN3O3. The zero-order valence-electron chi connectivity index (χ0n) is 14.4. The Hall–Kier alpha value is -2.64. The number of aromatic hydroxyl groups is 1. The number of aromatic amines is 1. The summed E-state index contributed by atoms with van der Waals surface area (Å²) in [5, 5.41) is 26.7. The summed E-state index contributed by atoms with van der Waals surface area (Å²) >= 11 is 3.44. The van der Waals surface area contributed by atoms with E-state index in [1.54, 1.807) is 23.1 Å². The molecule has 1 aliphatic heterocycles. The molecule has 0 bridgehead atoms. The molecule has 1 aliphatic rings. The number of phenols is 1. The fourth-order valence-corrected chi connectivity index (χ4v) is 3.80. The lowest BCUT2D eigenvalue weighted by Gasteiger charge is -2.26. The van der Waals surface area contributed by atoms with Crippen molar-refractivity contribution in [3.63, 3.8) is 0 Å². The molecule has 138 valence electrons. The van der Waals surface area contributed by atoms with Gasteiger partial charge in [-0.1, -0.05) is 40.2 Å². The van der Waals surface area contributed by atoms with Crippen LogP contribution >= 0.6 is 15.9 Å². The largest absolute Gasteiger partial charge is 0.507 e. The van der Waals surface area contributed by atoms with Gasteiger partial charge in [0, 0.05) is 28.8 Å². The van der Waals surface area contributed by atoms with Crippen LogP contribution in [-0.4, -0.2) is 44.4 Å². The number of rotatable bonds is 5. The van der Waals surface area contributed by atoms with Gasteiger partial charge in [-0.05, 0) is 36.2 Å². The van der Waals surface area contributed by atoms with Crippen molar-refractivity contribution >= 4 is 21.8 Å². The van der Waals surface area contributed by atoms with Crippen LogP contribution in [0.5, 0.6) is 5.75 Å². The van der Waals surface area contributed by atoms with Crippen LogP contribution in [0.2, 0.25) is 0 Å². The Balaban J connectivity index is 1.88. The number of phenolic OH excluding ortho intramolecular Hbond substituents is 1. The van der Waals surface area contributed by atoms with E-state index < -0.39 is 0 Å². The van der Waals surface area contributed by atoms with Crippen LogP contribution in [0.3, 0.4) is 0 Å². The SMILES string of the molecule is O=C1c2[nH]nc(-c3ccccc3O)c2[C@H](c2ccc(Br)cc2)N1CCCO. The van der Waals surface area contributed by atoms with Gasteiger partial charge in [-0.3, -0.25) is 9.89 Å². The summed E-state index contributed by atoms with van der Waals surface area (Å²) in [5.41, 5.74) is 3.27. The Morgan fingerprint density at radius 1 is 1.15 bits per heavy atom. The Labute approximate surface area is 164 Å². The fourth-order valence-electron chi connectivity index (χ4n) is 3.54. The molecule has 2 aromatic carbocycles. The number of hydrogen-bond donors (Lipinski definition) is 3. The van der Waals surface area contributed by atoms with Crippen molar-refractivity contribution < 1.29 is 15.0 Å². The van der Waals surface area contributed by atoms with Gasteiger partial charge in [0.15, 0.2) is 0 Å². The number of amides is 1. The first-order valence-electron chi connectivity index (χ1n) is 8.65. The highest BCUT2D eigenvalue weighted by atomic mass is 79.9. The maximum Gasteiger partial charge on any atom is 0.273 e. The highest BCUT2D eigenvalue weighted by molar-refractivity contribution is 9.10. The van der Waals surface area contributed by atoms with E-state index >= 15 is 0 Å². The molecule has 0 saturated carbocycles. The molecule has 0 spiro atoms. The second-order valence-electron chi connectivity index (χ2n) is 6.41. The number of aromatic nitrogens is 2. The number of hydrogen-bond acceptors (Lipinski definition) is 4. The minimum atomic E-state index is -0.333. The van der Waals surface area contributed by atoms with Gasteiger partial charge in [0.25, 0.3) is 5.91 Å². The molecule has 0 radical (unpaired) electrons. The van der Waals surface area contributed by atoms with Crippen LogP contribution in [-0.2, 0) is 0 Å². The Morgan fingerprint density at radius 3 is 2.59 bits per heavy atom. The maximum atomic E-state index is 13.0. The standard InChI is InChI=1S/C20H18BrN3O3/c21-13-8-6-12(7-9-13)19-16-17(14-4-1-2-5-15(14)26)22-23-18(16)20(27)24(19)10-3-11-25/h1-2,4-9,19,25-26H,3,10-11H2,(H,22,23)/t19-/m0/s1. The molecule has 4 rings (SSSR count). The number of benzene rings is 2. The summed E-state index contributed by atoms with van der Waals surface area (Å²) < 4.78 is 0.950. The summed E-state index contributed by atoms with van der Waals surface area (Å²) in [6.45, 7) is 0.439. The summed E-state index contributed by atoms with van der Waals surface area (Å²) in [5.74, 6) is -0.0387. The Morgan fingerprint density at radius 2 is 1.89 bits per heavy atom. The van der Waals surface area contributed by atoms with Gasteiger partial charge >= 0.3 is 0 Å². The molecule has 1 atom stereocenters. The quantitative estimate of drug-likeness (QED) is 0.581. The lowest BCUT2D eigenvalue weighted by molar-refractivity contribution is 0.0732. The van der Waals surface area contributed by atoms with Crippen molar-refractivity contribution in [1.29, 1.82) is 0 Å². The fraction of sp³-hybridized carbons (Fsp3) is 0.200. The predicted octanol–water partition coefficient (Wildman–Crippen LogP) is 3.47. The topological polar surface area (TPSA) is 89.5 Å². The third-order valence-electron chi connectivity index (χ3n) is 4.77. The summed E-state index contributed by atoms with van der Waals surface area (Å²) in [4.78, 5) is 14.7. The van der Waals surface area contributed by atoms with Crippen molar-refractivity contribution in [2.75, 3.05) is 13.2 Å². The number of fused-ring (bicyclic) bond motifs is 1. The number of carbonyl (C=O) groups excluding carboxylic acids is 1. The van der Waals surface area contributed by atoms with Gasteiger partial charge in [-0.25, -0.2) is 0 Å². The first-order chi connectivity index (χ1) is 13.1. The smallest absolute Gasteiger partial charge is 0.273 e. The number of H-pyrrole nitrogens is 1. The second-order valence-corrected chi connectivity index (χ2v) is 7.32. The van der Waals surface area contributed by atoms with Crippen molar-refractivity contribution in [1.82, 2.24) is 15.1 Å². The van der Waals surface area contributed by atoms with Gasteiger partial charge < -0.3 is 15.1 Å². The molecule has 1 amide bonds. The van der Waals surface area contributed by atoms with Gasteiger partial charge in [0.05, 0.1) is 6.04 Å². The number of nitrogens with one attached hydrogen (secondary N) is 1. The van der Waals surface area contributed by atoms with Crippen LogP contribution < -0.4 is 0 Å². The van der Waals surface area contributed by atoms with Crippen LogP contribution in [0.25, 0.3) is 11.3 Å². The molecule has 0 aliphatic carbocycles. The van der Waals surface area contributed by atoms with E-state index in [9.17, 15) is 15.0 Å². The predicted molar refractivity (Wildman–Crippen MR) is 104 cm³/mol. The molecule has 6 nitrogen and oxygen atoms in total. The van der Waals surface area contributed by atoms with E-state index in [0.717, 1.165) is 15.6 Å². The van der Waals surface area contributed by atoms with Gasteiger partial charge in [0.2, 0.25) is 0 Å². The number of carbonyl (C=O) groups is 1. The van der Waals surface area contributed by atoms with E-state index in [0.29, 0.717) is 29.9 Å². The third kappa shape index (κ3) is 3.02. The Bertz CT molecular complexity index is 984. The molecule has 2 heterocycles. The van der Waals surface area contributed by atoms with E-state index in [-0.39, 0.29) is 24.3 Å². The van der Waals surface area contributed by atoms with Crippen LogP contribution in [0.15, 0.2) is 53.0 Å². The summed E-state index contributed by atoms with van der Waals surface area (Å²) in [6, 6.07) is 14.4. The molecule has 3 aromatic rings. The summed E-state index contributed by atoms with van der Waals surface area (Å²) in [7, 11) is 0. The monoisotopic (exact) mass is 427 g/mol. The summed E-state index contributed by atoms with van der Waals surface area (Å²) in [6.07, 6.45) is 0.488. The van der Waals surface area contributed by atoms with E-state index in [2.05, 4.69) is 26.1 Å². The lowest BCUT2D eigenvalue weighted by atomic mass is 9.96. The number of para-hydroxylation sites is 1. The highest BCUT2D eigenvalue weighted by Gasteiger charge is 2.42. The lowest BCUT2D eigenvalue weighted by Crippen LogP contribution is -2.31. The van der Waals surface area contributed by atoms with Gasteiger partial charge in [-0.2, -0.15) is 5.10 Å². The van der Waals surface area contributed by atoms with E-state index in [1.807, 2.05) is 30.3 Å². The molecule has 1 aromatic heterocycles. The maximum absolute atomic E-state index is 13.0. The average molecular weight is 428 g/mol. The second kappa shape index (κ2) is 7.17. The number of aliphatic hydroxyl groups excluding tert-OH is 1. The molecule has 0 unspecified atom stereocenters. The van der Waals surface area contributed by atoms with Gasteiger partial charge in [0.1, 0.15) is 17.1 Å². The van der Waals surface area contributed by atoms with Crippen LogP contribution in [0.1, 0.15) is 34.1 Å². The van der Waals surface area contributed by atoms with Crippen LogP contribution in [0.4, 0.5) is 0 Å². The zero-order chi connectivity index (χ0) is 19.0. The molecule has 0 fully saturated rings. The molecular weight excluding hydrogens is 410 g/mol. The molecule has 27 heavy (non-hydrogen) atoms. The van der Waals surface area contributed by atoms with Crippen molar-refractivity contribution in [3.05, 3.63) is 69.8 Å². The van der Waals surface area contributed by atoms with Gasteiger partial charge in [-0.15, -0.1) is 0 Å². The molecule has 0 saturated heterocycles. The van der Waals surface area contributed by atoms with Crippen molar-refractivity contribution in [2.45, 2.75) is 12.5 Å². The normalized spacial score (nSPS) is 16.0. The average Bonchev–Trinajstić information content (AvgIpc) is 3.21. The first kappa shape index (κ1) is 17.8. The minimum Gasteiger partial charge on any atom is -0.507 e. The van der Waals surface area contributed by atoms with Crippen molar-refractivity contribution in [3.8, 4) is 17.0 Å². The molecule has 7 heteroatoms. The molecule has 3 N–H and O–H groups in total. The van der Waals surface area contributed by atoms with E-state index in [1.165, 1.54) is 0 Å². The first-order valence-corrected chi connectivity index (χ1v) is 9.45. The van der Waals surface area contributed by atoms with Crippen LogP contribution in [0, 0.1) is 0 Å². The third-order valence-corrected chi connectivity index (χ3v) is 5.29. The van der Waals surface area contributed by atoms with Crippen molar-refractivity contribution in [2.24, 2.45) is 0 Å². The number of halogens is 1. The number of aliphatic hydroxyl groups is 1.